The third kappa shape index (κ3) is 1.26. The summed E-state index contributed by atoms with van der Waals surface area (Å²) in [4.78, 5) is 4.31. The number of nitrogens with two attached hydrogens (primary N) is 1. The molecule has 1 aliphatic heterocycles. The minimum absolute atomic E-state index is 0.873. The first kappa shape index (κ1) is 7.52. The number of nitrogens with one attached hydrogen (secondary N) is 2. The standard InChI is InChI=1S/C8H12N4/c9-12-7-3-6-4-10-2-1-8(6)11-5-7/h3,5,10,12H,1-2,4,9H2. The second kappa shape index (κ2) is 3.08. The maximum absolute atomic E-state index is 5.27. The summed E-state index contributed by atoms with van der Waals surface area (Å²) in [5.74, 6) is 5.27. The summed E-state index contributed by atoms with van der Waals surface area (Å²) < 4.78 is 0. The highest BCUT2D eigenvalue weighted by molar-refractivity contribution is 5.44. The predicted molar refractivity (Wildman–Crippen MR) is 47.5 cm³/mol. The lowest BCUT2D eigenvalue weighted by molar-refractivity contribution is 0.630. The Hall–Kier alpha value is -1.13. The van der Waals surface area contributed by atoms with Crippen LogP contribution in [0.5, 0.6) is 0 Å². The van der Waals surface area contributed by atoms with Crippen molar-refractivity contribution in [3.8, 4) is 0 Å². The molecule has 12 heavy (non-hydrogen) atoms. The average Bonchev–Trinajstić information content (AvgIpc) is 2.17. The van der Waals surface area contributed by atoms with Crippen molar-refractivity contribution < 1.29 is 0 Å². The third-order valence-electron chi connectivity index (χ3n) is 2.08. The van der Waals surface area contributed by atoms with Crippen LogP contribution in [0.4, 0.5) is 5.69 Å². The molecule has 1 aliphatic rings. The van der Waals surface area contributed by atoms with Crippen molar-refractivity contribution in [3.05, 3.63) is 23.5 Å². The van der Waals surface area contributed by atoms with Gasteiger partial charge in [0.15, 0.2) is 0 Å². The molecule has 0 atom stereocenters. The molecule has 2 rings (SSSR count). The molecule has 0 saturated heterocycles. The van der Waals surface area contributed by atoms with Gasteiger partial charge in [-0.25, -0.2) is 0 Å². The fourth-order valence-electron chi connectivity index (χ4n) is 1.43. The van der Waals surface area contributed by atoms with Crippen LogP contribution in [0.1, 0.15) is 11.3 Å². The Balaban J connectivity index is 2.36. The Labute approximate surface area is 71.1 Å². The number of anilines is 1. The summed E-state index contributed by atoms with van der Waals surface area (Å²) >= 11 is 0. The predicted octanol–water partition coefficient (Wildman–Crippen LogP) is 0.0129. The van der Waals surface area contributed by atoms with E-state index in [1.165, 1.54) is 11.3 Å². The van der Waals surface area contributed by atoms with Crippen LogP contribution in [0, 0.1) is 0 Å². The van der Waals surface area contributed by atoms with Gasteiger partial charge in [-0.1, -0.05) is 0 Å². The Morgan fingerprint density at radius 2 is 2.50 bits per heavy atom. The Morgan fingerprint density at radius 3 is 3.33 bits per heavy atom. The van der Waals surface area contributed by atoms with E-state index < -0.39 is 0 Å². The maximum Gasteiger partial charge on any atom is 0.0672 e. The van der Waals surface area contributed by atoms with Gasteiger partial charge in [0.25, 0.3) is 0 Å². The fourth-order valence-corrected chi connectivity index (χ4v) is 1.43. The zero-order valence-corrected chi connectivity index (χ0v) is 6.80. The molecule has 4 N–H and O–H groups in total. The molecular weight excluding hydrogens is 152 g/mol. The van der Waals surface area contributed by atoms with Crippen LogP contribution in [-0.4, -0.2) is 11.5 Å². The highest BCUT2D eigenvalue weighted by Gasteiger charge is 2.09. The van der Waals surface area contributed by atoms with E-state index in [1.807, 2.05) is 6.07 Å². The lowest BCUT2D eigenvalue weighted by Gasteiger charge is -2.16. The van der Waals surface area contributed by atoms with Crippen molar-refractivity contribution in [2.24, 2.45) is 5.84 Å². The van der Waals surface area contributed by atoms with Gasteiger partial charge < -0.3 is 10.7 Å². The number of aromatic nitrogens is 1. The van der Waals surface area contributed by atoms with Gasteiger partial charge in [-0.2, -0.15) is 0 Å². The second-order valence-corrected chi connectivity index (χ2v) is 2.90. The summed E-state index contributed by atoms with van der Waals surface area (Å²) in [7, 11) is 0. The minimum atomic E-state index is 0.873. The highest BCUT2D eigenvalue weighted by atomic mass is 15.2. The Bertz CT molecular complexity index is 284. The average molecular weight is 164 g/mol. The molecule has 1 aromatic heterocycles. The number of nitrogen functional groups attached to an aromatic ring is 1. The SMILES string of the molecule is NNc1cnc2c(c1)CNCC2. The first-order valence-corrected chi connectivity index (χ1v) is 4.05. The molecule has 0 saturated carbocycles. The number of fused-ring (bicyclic) bond motifs is 1. The largest absolute Gasteiger partial charge is 0.323 e. The first-order chi connectivity index (χ1) is 5.90. The van der Waals surface area contributed by atoms with Crippen LogP contribution in [-0.2, 0) is 13.0 Å². The van der Waals surface area contributed by atoms with E-state index in [0.29, 0.717) is 0 Å². The zero-order valence-electron chi connectivity index (χ0n) is 6.80. The third-order valence-corrected chi connectivity index (χ3v) is 2.08. The van der Waals surface area contributed by atoms with Crippen LogP contribution >= 0.6 is 0 Å². The summed E-state index contributed by atoms with van der Waals surface area (Å²) in [6, 6.07) is 2.04. The molecule has 64 valence electrons. The van der Waals surface area contributed by atoms with Gasteiger partial charge in [0.05, 0.1) is 11.9 Å². The molecule has 0 amide bonds. The fraction of sp³-hybridized carbons (Fsp3) is 0.375. The van der Waals surface area contributed by atoms with Crippen molar-refractivity contribution in [2.45, 2.75) is 13.0 Å². The van der Waals surface area contributed by atoms with Crippen LogP contribution in [0.25, 0.3) is 0 Å². The van der Waals surface area contributed by atoms with E-state index in [0.717, 1.165) is 25.2 Å². The van der Waals surface area contributed by atoms with E-state index in [-0.39, 0.29) is 0 Å². The number of hydrazine groups is 1. The normalized spacial score (nSPS) is 15.4. The topological polar surface area (TPSA) is 63.0 Å². The Kier molecular flexibility index (Phi) is 1.93. The summed E-state index contributed by atoms with van der Waals surface area (Å²) in [6.07, 6.45) is 2.78. The van der Waals surface area contributed by atoms with Gasteiger partial charge >= 0.3 is 0 Å². The van der Waals surface area contributed by atoms with Gasteiger partial charge in [0.1, 0.15) is 0 Å². The molecule has 1 aromatic rings. The van der Waals surface area contributed by atoms with E-state index in [2.05, 4.69) is 15.7 Å². The van der Waals surface area contributed by atoms with E-state index in [9.17, 15) is 0 Å². The molecule has 0 unspecified atom stereocenters. The lowest BCUT2D eigenvalue weighted by Crippen LogP contribution is -2.24. The summed E-state index contributed by atoms with van der Waals surface area (Å²) in [6.45, 7) is 1.92. The van der Waals surface area contributed by atoms with E-state index in [4.69, 9.17) is 5.84 Å². The van der Waals surface area contributed by atoms with Gasteiger partial charge in [-0.05, 0) is 11.6 Å². The minimum Gasteiger partial charge on any atom is -0.323 e. The smallest absolute Gasteiger partial charge is 0.0672 e. The van der Waals surface area contributed by atoms with Gasteiger partial charge in [-0.3, -0.25) is 10.8 Å². The van der Waals surface area contributed by atoms with E-state index in [1.54, 1.807) is 6.20 Å². The summed E-state index contributed by atoms with van der Waals surface area (Å²) in [5.41, 5.74) is 5.89. The van der Waals surface area contributed by atoms with Gasteiger partial charge in [0, 0.05) is 25.2 Å². The maximum atomic E-state index is 5.27. The van der Waals surface area contributed by atoms with Crippen molar-refractivity contribution >= 4 is 5.69 Å². The molecule has 0 fully saturated rings. The number of pyridine rings is 1. The molecule has 0 bridgehead atoms. The molecule has 4 nitrogen and oxygen atoms in total. The van der Waals surface area contributed by atoms with E-state index >= 15 is 0 Å². The molecule has 2 heterocycles. The molecular formula is C8H12N4. The second-order valence-electron chi connectivity index (χ2n) is 2.90. The number of rotatable bonds is 1. The van der Waals surface area contributed by atoms with Gasteiger partial charge in [-0.15, -0.1) is 0 Å². The molecule has 4 heteroatoms. The molecule has 0 spiro atoms. The van der Waals surface area contributed by atoms with Gasteiger partial charge in [0.2, 0.25) is 0 Å². The summed E-state index contributed by atoms with van der Waals surface area (Å²) in [5, 5.41) is 3.28. The lowest BCUT2D eigenvalue weighted by atomic mass is 10.1. The molecule has 0 radical (unpaired) electrons. The van der Waals surface area contributed by atoms with Crippen LogP contribution < -0.4 is 16.6 Å². The van der Waals surface area contributed by atoms with Crippen molar-refractivity contribution in [1.82, 2.24) is 10.3 Å². The van der Waals surface area contributed by atoms with Crippen LogP contribution in [0.3, 0.4) is 0 Å². The first-order valence-electron chi connectivity index (χ1n) is 4.05. The number of nitrogens with zero attached hydrogens (tertiary/aromatic N) is 1. The molecule has 0 aromatic carbocycles. The zero-order chi connectivity index (χ0) is 8.39. The van der Waals surface area contributed by atoms with Crippen molar-refractivity contribution in [3.63, 3.8) is 0 Å². The Morgan fingerprint density at radius 1 is 1.58 bits per heavy atom. The number of hydrogen-bond donors (Lipinski definition) is 3. The van der Waals surface area contributed by atoms with Crippen molar-refractivity contribution in [1.29, 1.82) is 0 Å². The highest BCUT2D eigenvalue weighted by Crippen LogP contribution is 2.14. The molecule has 0 aliphatic carbocycles. The van der Waals surface area contributed by atoms with Crippen LogP contribution in [0.15, 0.2) is 12.3 Å². The van der Waals surface area contributed by atoms with Crippen molar-refractivity contribution in [2.75, 3.05) is 12.0 Å². The number of hydrogen-bond acceptors (Lipinski definition) is 4. The van der Waals surface area contributed by atoms with Crippen LogP contribution in [0.2, 0.25) is 0 Å². The monoisotopic (exact) mass is 164 g/mol. The quantitative estimate of drug-likeness (QED) is 0.404.